The van der Waals surface area contributed by atoms with Crippen LogP contribution >= 0.6 is 23.4 Å². The number of thioether (sulfide) groups is 1. The number of hydrogen-bond acceptors (Lipinski definition) is 3. The van der Waals surface area contributed by atoms with E-state index in [9.17, 15) is 14.0 Å². The molecule has 0 saturated carbocycles. The van der Waals surface area contributed by atoms with Gasteiger partial charge in [0.15, 0.2) is 4.87 Å². The summed E-state index contributed by atoms with van der Waals surface area (Å²) in [5, 5.41) is 0.565. The van der Waals surface area contributed by atoms with Gasteiger partial charge in [-0.15, -0.1) is 11.8 Å². The Morgan fingerprint density at radius 3 is 2.81 bits per heavy atom. The Hall–Kier alpha value is -2.05. The summed E-state index contributed by atoms with van der Waals surface area (Å²) in [6, 6.07) is 11.7. The first-order valence-electron chi connectivity index (χ1n) is 8.79. The van der Waals surface area contributed by atoms with E-state index >= 15 is 0 Å². The summed E-state index contributed by atoms with van der Waals surface area (Å²) in [5.41, 5.74) is 1.98. The van der Waals surface area contributed by atoms with Crippen LogP contribution in [0, 0.1) is 5.82 Å². The minimum absolute atomic E-state index is 0.108. The van der Waals surface area contributed by atoms with Gasteiger partial charge in [-0.25, -0.2) is 4.39 Å². The van der Waals surface area contributed by atoms with Crippen molar-refractivity contribution in [3.63, 3.8) is 0 Å². The number of carbonyl (C=O) groups is 2. The summed E-state index contributed by atoms with van der Waals surface area (Å²) in [4.78, 5) is 28.2. The van der Waals surface area contributed by atoms with Gasteiger partial charge in [0.1, 0.15) is 5.82 Å². The Labute approximate surface area is 166 Å². The second-order valence-electron chi connectivity index (χ2n) is 6.54. The summed E-state index contributed by atoms with van der Waals surface area (Å²) < 4.78 is 14.1. The molecule has 1 fully saturated rings. The summed E-state index contributed by atoms with van der Waals surface area (Å²) >= 11 is 7.68. The zero-order valence-corrected chi connectivity index (χ0v) is 16.3. The lowest BCUT2D eigenvalue weighted by molar-refractivity contribution is -0.139. The zero-order valence-electron chi connectivity index (χ0n) is 14.7. The van der Waals surface area contributed by atoms with E-state index in [1.54, 1.807) is 28.9 Å². The lowest BCUT2D eigenvalue weighted by Gasteiger charge is -2.33. The van der Waals surface area contributed by atoms with E-state index in [0.717, 1.165) is 5.56 Å². The quantitative estimate of drug-likeness (QED) is 0.771. The van der Waals surface area contributed by atoms with Crippen LogP contribution in [0.4, 0.5) is 10.1 Å². The molecule has 0 N–H and O–H groups in total. The molecule has 0 radical (unpaired) electrons. The third-order valence-electron chi connectivity index (χ3n) is 5.05. The van der Waals surface area contributed by atoms with Gasteiger partial charge in [0.05, 0.1) is 12.2 Å². The number of rotatable bonds is 3. The molecule has 2 aromatic carbocycles. The molecule has 1 atom stereocenters. The van der Waals surface area contributed by atoms with Crippen molar-refractivity contribution in [1.29, 1.82) is 0 Å². The van der Waals surface area contributed by atoms with Crippen LogP contribution in [0.1, 0.15) is 24.5 Å². The summed E-state index contributed by atoms with van der Waals surface area (Å²) in [6.45, 7) is 2.51. The maximum absolute atomic E-state index is 14.1. The Bertz CT molecular complexity index is 938. The molecule has 2 amide bonds. The van der Waals surface area contributed by atoms with E-state index in [1.807, 2.05) is 18.2 Å². The van der Waals surface area contributed by atoms with Crippen molar-refractivity contribution < 1.29 is 14.0 Å². The maximum atomic E-state index is 14.1. The van der Waals surface area contributed by atoms with Crippen LogP contribution in [0.5, 0.6) is 0 Å². The number of fused-ring (bicyclic) bond motifs is 2. The topological polar surface area (TPSA) is 40.6 Å². The fourth-order valence-electron chi connectivity index (χ4n) is 3.79. The van der Waals surface area contributed by atoms with Crippen LogP contribution in [-0.2, 0) is 21.0 Å². The molecular formula is C20H18ClFN2O2S. The second kappa shape index (κ2) is 6.84. The number of halogens is 2. The van der Waals surface area contributed by atoms with E-state index in [0.29, 0.717) is 35.0 Å². The first-order chi connectivity index (χ1) is 13.0. The molecule has 2 aromatic rings. The van der Waals surface area contributed by atoms with Gasteiger partial charge in [0, 0.05) is 29.3 Å². The smallest absolute Gasteiger partial charge is 0.268 e. The third-order valence-corrected chi connectivity index (χ3v) is 6.83. The number of amides is 2. The van der Waals surface area contributed by atoms with Gasteiger partial charge in [-0.1, -0.05) is 36.7 Å². The first kappa shape index (κ1) is 18.3. The molecule has 0 unspecified atom stereocenters. The predicted octanol–water partition coefficient (Wildman–Crippen LogP) is 4.16. The molecule has 0 aromatic heterocycles. The molecule has 2 heterocycles. The lowest BCUT2D eigenvalue weighted by Crippen LogP contribution is -2.50. The van der Waals surface area contributed by atoms with E-state index in [2.05, 4.69) is 0 Å². The number of hydrogen-bond donors (Lipinski definition) is 0. The van der Waals surface area contributed by atoms with Crippen LogP contribution in [-0.4, -0.2) is 29.0 Å². The minimum atomic E-state index is -1.19. The highest BCUT2D eigenvalue weighted by Crippen LogP contribution is 2.54. The van der Waals surface area contributed by atoms with Gasteiger partial charge in [0.25, 0.3) is 5.91 Å². The average Bonchev–Trinajstić information content (AvgIpc) is 3.20. The first-order valence-corrected chi connectivity index (χ1v) is 10.1. The van der Waals surface area contributed by atoms with Gasteiger partial charge in [0.2, 0.25) is 5.91 Å². The number of nitrogens with zero attached hydrogens (tertiary/aromatic N) is 2. The lowest BCUT2D eigenvalue weighted by atomic mass is 10.1. The van der Waals surface area contributed by atoms with Gasteiger partial charge in [-0.3, -0.25) is 9.59 Å². The molecule has 2 aliphatic rings. The Morgan fingerprint density at radius 1 is 1.30 bits per heavy atom. The van der Waals surface area contributed by atoms with Gasteiger partial charge in [-0.05, 0) is 29.8 Å². The fraction of sp³-hybridized carbons (Fsp3) is 0.300. The van der Waals surface area contributed by atoms with Crippen molar-refractivity contribution in [2.24, 2.45) is 0 Å². The monoisotopic (exact) mass is 404 g/mol. The van der Waals surface area contributed by atoms with E-state index in [4.69, 9.17) is 11.6 Å². The van der Waals surface area contributed by atoms with Crippen molar-refractivity contribution in [3.8, 4) is 0 Å². The molecule has 1 spiro atoms. The molecule has 0 bridgehead atoms. The van der Waals surface area contributed by atoms with Crippen molar-refractivity contribution in [2.45, 2.75) is 24.8 Å². The van der Waals surface area contributed by atoms with Crippen molar-refractivity contribution >= 4 is 40.9 Å². The van der Waals surface area contributed by atoms with Gasteiger partial charge >= 0.3 is 0 Å². The molecule has 27 heavy (non-hydrogen) atoms. The minimum Gasteiger partial charge on any atom is -0.315 e. The molecular weight excluding hydrogens is 387 g/mol. The summed E-state index contributed by atoms with van der Waals surface area (Å²) in [6.07, 6.45) is 0.296. The van der Waals surface area contributed by atoms with E-state index in [1.165, 1.54) is 23.9 Å². The van der Waals surface area contributed by atoms with Crippen LogP contribution in [0.25, 0.3) is 0 Å². The van der Waals surface area contributed by atoms with Crippen LogP contribution in [0.2, 0.25) is 5.02 Å². The maximum Gasteiger partial charge on any atom is 0.268 e. The summed E-state index contributed by atoms with van der Waals surface area (Å²) in [7, 11) is 0. The average molecular weight is 405 g/mol. The Kier molecular flexibility index (Phi) is 4.64. The standard InChI is InChI=1S/C20H18ClFN2O2S/c1-2-18(25)24-9-10-27-20(24)15-11-14(22)7-8-17(15)23(19(20)26)12-13-5-3-4-6-16(13)21/h3-8,11H,2,9-10,12H2,1H3/t20-/m1/s1. The molecule has 4 nitrogen and oxygen atoms in total. The molecule has 0 aliphatic carbocycles. The largest absolute Gasteiger partial charge is 0.315 e. The SMILES string of the molecule is CCC(=O)N1CCS[C@]12C(=O)N(Cc1ccccc1Cl)c1ccc(F)cc12. The third kappa shape index (κ3) is 2.74. The Morgan fingerprint density at radius 2 is 2.07 bits per heavy atom. The fourth-order valence-corrected chi connectivity index (χ4v) is 5.45. The van der Waals surface area contributed by atoms with Crippen LogP contribution in [0.15, 0.2) is 42.5 Å². The van der Waals surface area contributed by atoms with Crippen LogP contribution < -0.4 is 4.90 Å². The van der Waals surface area contributed by atoms with E-state index in [-0.39, 0.29) is 18.4 Å². The Balaban J connectivity index is 1.84. The zero-order chi connectivity index (χ0) is 19.2. The highest BCUT2D eigenvalue weighted by Gasteiger charge is 2.59. The highest BCUT2D eigenvalue weighted by molar-refractivity contribution is 8.01. The van der Waals surface area contributed by atoms with Crippen molar-refractivity contribution in [3.05, 3.63) is 64.4 Å². The van der Waals surface area contributed by atoms with Crippen molar-refractivity contribution in [2.75, 3.05) is 17.2 Å². The number of anilines is 1. The molecule has 1 saturated heterocycles. The highest BCUT2D eigenvalue weighted by atomic mass is 35.5. The molecule has 2 aliphatic heterocycles. The van der Waals surface area contributed by atoms with Gasteiger partial charge < -0.3 is 9.80 Å². The van der Waals surface area contributed by atoms with E-state index < -0.39 is 10.7 Å². The second-order valence-corrected chi connectivity index (χ2v) is 8.23. The molecule has 7 heteroatoms. The molecule has 140 valence electrons. The predicted molar refractivity (Wildman–Crippen MR) is 105 cm³/mol. The van der Waals surface area contributed by atoms with Gasteiger partial charge in [-0.2, -0.15) is 0 Å². The molecule has 4 rings (SSSR count). The van der Waals surface area contributed by atoms with Crippen LogP contribution in [0.3, 0.4) is 0 Å². The summed E-state index contributed by atoms with van der Waals surface area (Å²) in [5.74, 6) is -0.111. The van der Waals surface area contributed by atoms with Crippen molar-refractivity contribution in [1.82, 2.24) is 4.90 Å². The normalized spacial score (nSPS) is 21.2. The number of benzene rings is 2. The number of carbonyl (C=O) groups excluding carboxylic acids is 2.